The van der Waals surface area contributed by atoms with Crippen LogP contribution in [0.4, 0.5) is 0 Å². The first-order chi connectivity index (χ1) is 23.8. The van der Waals surface area contributed by atoms with Crippen LogP contribution in [0, 0.1) is 0 Å². The highest BCUT2D eigenvalue weighted by Gasteiger charge is 2.22. The smallest absolute Gasteiger partial charge is 0.153 e. The van der Waals surface area contributed by atoms with Crippen molar-refractivity contribution in [2.24, 2.45) is 0 Å². The van der Waals surface area contributed by atoms with E-state index in [4.69, 9.17) is 4.42 Å². The molecule has 11 rings (SSSR count). The van der Waals surface area contributed by atoms with Crippen LogP contribution in [-0.2, 0) is 6.42 Å². The van der Waals surface area contributed by atoms with E-state index in [9.17, 15) is 0 Å². The topological polar surface area (TPSA) is 13.1 Å². The summed E-state index contributed by atoms with van der Waals surface area (Å²) in [4.78, 5) is 0. The summed E-state index contributed by atoms with van der Waals surface area (Å²) in [7, 11) is 0. The number of aryl methyl sites for hydroxylation is 1. The van der Waals surface area contributed by atoms with Gasteiger partial charge in [-0.15, -0.1) is 11.3 Å². The minimum Gasteiger partial charge on any atom is -0.455 e. The molecule has 0 spiro atoms. The Labute approximate surface area is 281 Å². The zero-order chi connectivity index (χ0) is 31.3. The summed E-state index contributed by atoms with van der Waals surface area (Å²) in [5, 5.41) is 12.6. The molecule has 0 aliphatic heterocycles. The predicted octanol–water partition coefficient (Wildman–Crippen LogP) is 13.7. The van der Waals surface area contributed by atoms with Gasteiger partial charge in [0.2, 0.25) is 0 Å². The Morgan fingerprint density at radius 1 is 0.500 bits per heavy atom. The zero-order valence-electron chi connectivity index (χ0n) is 26.1. The highest BCUT2D eigenvalue weighted by atomic mass is 32.1. The molecule has 0 radical (unpaired) electrons. The van der Waals surface area contributed by atoms with E-state index in [0.29, 0.717) is 0 Å². The van der Waals surface area contributed by atoms with Gasteiger partial charge in [0.15, 0.2) is 5.58 Å². The summed E-state index contributed by atoms with van der Waals surface area (Å²) in [6.07, 6.45) is 6.75. The van der Waals surface area contributed by atoms with Crippen molar-refractivity contribution < 1.29 is 4.42 Å². The van der Waals surface area contributed by atoms with Crippen molar-refractivity contribution in [2.45, 2.75) is 12.8 Å². The second-order valence-electron chi connectivity index (χ2n) is 13.1. The lowest BCUT2D eigenvalue weighted by atomic mass is 9.84. The Morgan fingerprint density at radius 2 is 1.08 bits per heavy atom. The molecule has 0 fully saturated rings. The first kappa shape index (κ1) is 26.4. The summed E-state index contributed by atoms with van der Waals surface area (Å²) in [6, 6.07) is 49.4. The van der Waals surface area contributed by atoms with Crippen LogP contribution in [0.25, 0.3) is 103 Å². The minimum absolute atomic E-state index is 0.928. The lowest BCUT2D eigenvalue weighted by Crippen LogP contribution is -1.96. The van der Waals surface area contributed by atoms with Crippen molar-refractivity contribution in [2.75, 3.05) is 0 Å². The van der Waals surface area contributed by atoms with Crippen molar-refractivity contribution >= 4 is 91.8 Å². The van der Waals surface area contributed by atoms with Crippen molar-refractivity contribution in [1.29, 1.82) is 0 Å². The molecule has 1 aliphatic carbocycles. The normalized spacial score (nSPS) is 13.2. The third kappa shape index (κ3) is 3.61. The van der Waals surface area contributed by atoms with Crippen molar-refractivity contribution in [3.05, 3.63) is 151 Å². The van der Waals surface area contributed by atoms with E-state index in [-0.39, 0.29) is 0 Å². The van der Waals surface area contributed by atoms with Gasteiger partial charge in [-0.05, 0) is 96.7 Å². The lowest BCUT2D eigenvalue weighted by Gasteiger charge is -2.19. The number of hydrogen-bond acceptors (Lipinski definition) is 2. The minimum atomic E-state index is 0.928. The van der Waals surface area contributed by atoms with E-state index in [2.05, 4.69) is 146 Å². The van der Waals surface area contributed by atoms with Crippen molar-refractivity contribution in [3.8, 4) is 22.3 Å². The Morgan fingerprint density at radius 3 is 1.79 bits per heavy atom. The number of rotatable bonds is 2. The maximum Gasteiger partial charge on any atom is 0.153 e. The number of fused-ring (bicyclic) bond motifs is 13. The standard InChI is InChI=1S/C46H28OS/c1-2-12-28-25-29(22-21-27(28)11-1)41-31-13-3-5-15-33(31)42(34-16-6-4-14-32(34)41)30-23-24-39-38(26-30)43-35-17-7-8-18-36(35)44-37-19-9-10-20-40(37)48-46(44)45(43)47-39/h1,3-11,13-26H,2,12H2. The average molecular weight is 629 g/mol. The SMILES string of the molecule is C1=Cc2ccc(-c3c4ccccc4c(-c4ccc5oc6c7sc8ccccc8c7c7ccccc7c6c5c4)c4ccccc34)cc2CC1. The van der Waals surface area contributed by atoms with Crippen LogP contribution in [0.15, 0.2) is 144 Å². The third-order valence-corrected chi connectivity index (χ3v) is 11.7. The van der Waals surface area contributed by atoms with Gasteiger partial charge in [0.05, 0.1) is 4.70 Å². The average Bonchev–Trinajstić information content (AvgIpc) is 3.73. The second-order valence-corrected chi connectivity index (χ2v) is 14.1. The lowest BCUT2D eigenvalue weighted by molar-refractivity contribution is 0.673. The molecular weight excluding hydrogens is 601 g/mol. The van der Waals surface area contributed by atoms with Crippen LogP contribution in [0.2, 0.25) is 0 Å². The van der Waals surface area contributed by atoms with Crippen LogP contribution >= 0.6 is 11.3 Å². The molecule has 8 aromatic carbocycles. The highest BCUT2D eigenvalue weighted by Crippen LogP contribution is 2.49. The third-order valence-electron chi connectivity index (χ3n) is 10.5. The Bertz CT molecular complexity index is 2950. The van der Waals surface area contributed by atoms with E-state index < -0.39 is 0 Å². The van der Waals surface area contributed by atoms with Gasteiger partial charge >= 0.3 is 0 Å². The largest absolute Gasteiger partial charge is 0.455 e. The van der Waals surface area contributed by atoms with Gasteiger partial charge in [0.1, 0.15) is 5.58 Å². The highest BCUT2D eigenvalue weighted by molar-refractivity contribution is 7.26. The molecular formula is C46H28OS. The van der Waals surface area contributed by atoms with Crippen molar-refractivity contribution in [1.82, 2.24) is 0 Å². The van der Waals surface area contributed by atoms with Crippen LogP contribution in [-0.4, -0.2) is 0 Å². The number of hydrogen-bond donors (Lipinski definition) is 0. The van der Waals surface area contributed by atoms with Gasteiger partial charge in [-0.2, -0.15) is 0 Å². The fourth-order valence-corrected chi connectivity index (χ4v) is 9.62. The van der Waals surface area contributed by atoms with Crippen molar-refractivity contribution in [3.63, 3.8) is 0 Å². The quantitative estimate of drug-likeness (QED) is 0.174. The van der Waals surface area contributed by atoms with Crippen LogP contribution in [0.1, 0.15) is 17.5 Å². The molecule has 48 heavy (non-hydrogen) atoms. The first-order valence-corrected chi connectivity index (χ1v) is 17.6. The van der Waals surface area contributed by atoms with Crippen LogP contribution in [0.3, 0.4) is 0 Å². The molecule has 2 aromatic heterocycles. The van der Waals surface area contributed by atoms with Crippen LogP contribution in [0.5, 0.6) is 0 Å². The molecule has 0 atom stereocenters. The van der Waals surface area contributed by atoms with E-state index in [1.165, 1.54) is 91.3 Å². The molecule has 1 nitrogen and oxygen atoms in total. The molecule has 0 saturated carbocycles. The van der Waals surface area contributed by atoms with Gasteiger partial charge in [0.25, 0.3) is 0 Å². The van der Waals surface area contributed by atoms with Gasteiger partial charge < -0.3 is 4.42 Å². The molecule has 0 unspecified atom stereocenters. The van der Waals surface area contributed by atoms with Gasteiger partial charge in [-0.3, -0.25) is 0 Å². The maximum absolute atomic E-state index is 6.80. The van der Waals surface area contributed by atoms with E-state index >= 15 is 0 Å². The number of benzene rings is 8. The zero-order valence-corrected chi connectivity index (χ0v) is 26.9. The van der Waals surface area contributed by atoms with Gasteiger partial charge in [-0.25, -0.2) is 0 Å². The summed E-state index contributed by atoms with van der Waals surface area (Å²) in [5.74, 6) is 0. The molecule has 0 saturated heterocycles. The second kappa shape index (κ2) is 9.90. The molecule has 224 valence electrons. The number of thiophene rings is 1. The fourth-order valence-electron chi connectivity index (χ4n) is 8.41. The summed E-state index contributed by atoms with van der Waals surface area (Å²) in [6.45, 7) is 0. The fraction of sp³-hybridized carbons (Fsp3) is 0.0435. The molecule has 2 heteroatoms. The molecule has 1 aliphatic rings. The summed E-state index contributed by atoms with van der Waals surface area (Å²) >= 11 is 1.84. The Hall–Kier alpha value is -5.70. The van der Waals surface area contributed by atoms with Gasteiger partial charge in [0, 0.05) is 26.2 Å². The van der Waals surface area contributed by atoms with Gasteiger partial charge in [-0.1, -0.05) is 127 Å². The Balaban J connectivity index is 1.23. The number of furan rings is 1. The molecule has 0 N–H and O–H groups in total. The number of allylic oxidation sites excluding steroid dienone is 1. The van der Waals surface area contributed by atoms with E-state index in [0.717, 1.165) is 29.4 Å². The van der Waals surface area contributed by atoms with Crippen LogP contribution < -0.4 is 0 Å². The van der Waals surface area contributed by atoms with E-state index in [1.54, 1.807) is 0 Å². The molecule has 0 amide bonds. The first-order valence-electron chi connectivity index (χ1n) is 16.7. The molecule has 0 bridgehead atoms. The Kier molecular flexibility index (Phi) is 5.44. The summed E-state index contributed by atoms with van der Waals surface area (Å²) in [5.41, 5.74) is 9.78. The molecule has 10 aromatic rings. The van der Waals surface area contributed by atoms with E-state index in [1.807, 2.05) is 11.3 Å². The summed E-state index contributed by atoms with van der Waals surface area (Å²) < 4.78 is 9.31. The predicted molar refractivity (Wildman–Crippen MR) is 207 cm³/mol. The maximum atomic E-state index is 6.80. The molecule has 2 heterocycles. The monoisotopic (exact) mass is 628 g/mol.